The molecule has 0 saturated carbocycles. The highest BCUT2D eigenvalue weighted by Gasteiger charge is 1.91. The van der Waals surface area contributed by atoms with Crippen LogP contribution in [0.5, 0.6) is 0 Å². The third-order valence-electron chi connectivity index (χ3n) is 1.35. The molecule has 2 N–H and O–H groups in total. The third kappa shape index (κ3) is 1.51. The molecule has 0 spiro atoms. The predicted molar refractivity (Wildman–Crippen MR) is 39.3 cm³/mol. The molecule has 3 nitrogen and oxygen atoms in total. The molecule has 1 rings (SSSR count). The van der Waals surface area contributed by atoms with E-state index in [1.165, 1.54) is 0 Å². The van der Waals surface area contributed by atoms with Gasteiger partial charge in [0.15, 0.2) is 0 Å². The summed E-state index contributed by atoms with van der Waals surface area (Å²) in [5, 5.41) is 0. The number of rotatable bonds is 2. The fourth-order valence-corrected chi connectivity index (χ4v) is 0.669. The van der Waals surface area contributed by atoms with Crippen molar-refractivity contribution in [3.8, 4) is 0 Å². The molecule has 0 aliphatic rings. The van der Waals surface area contributed by atoms with Gasteiger partial charge in [0.1, 0.15) is 5.82 Å². The summed E-state index contributed by atoms with van der Waals surface area (Å²) >= 11 is 0. The summed E-state index contributed by atoms with van der Waals surface area (Å²) in [5.41, 5.74) is 6.47. The second-order valence-corrected chi connectivity index (χ2v) is 2.07. The maximum atomic E-state index is 5.32. The van der Waals surface area contributed by atoms with Crippen LogP contribution in [0.3, 0.4) is 0 Å². The van der Waals surface area contributed by atoms with Crippen LogP contribution in [0, 0.1) is 0 Å². The molecular weight excluding hydrogens is 126 g/mol. The number of hydrogen-bond donors (Lipinski definition) is 1. The summed E-state index contributed by atoms with van der Waals surface area (Å²) in [7, 11) is 0. The van der Waals surface area contributed by atoms with Gasteiger partial charge in [0, 0.05) is 12.4 Å². The molecule has 0 unspecified atom stereocenters. The second-order valence-electron chi connectivity index (χ2n) is 2.07. The van der Waals surface area contributed by atoms with Crippen molar-refractivity contribution in [1.29, 1.82) is 0 Å². The van der Waals surface area contributed by atoms with Crippen LogP contribution in [0.1, 0.15) is 18.3 Å². The Hall–Kier alpha value is -0.960. The summed E-state index contributed by atoms with van der Waals surface area (Å²) in [4.78, 5) is 8.06. The van der Waals surface area contributed by atoms with Gasteiger partial charge in [-0.1, -0.05) is 6.92 Å². The lowest BCUT2D eigenvalue weighted by Crippen LogP contribution is -2.02. The number of aryl methyl sites for hydroxylation is 1. The monoisotopic (exact) mass is 137 g/mol. The highest BCUT2D eigenvalue weighted by Crippen LogP contribution is 1.95. The van der Waals surface area contributed by atoms with Crippen molar-refractivity contribution >= 4 is 0 Å². The van der Waals surface area contributed by atoms with E-state index in [9.17, 15) is 0 Å². The standard InChI is InChI=1S/C7H11N3/c1-2-6-4-9-7(3-8)10-5-6/h4-5H,2-3,8H2,1H3. The minimum Gasteiger partial charge on any atom is -0.324 e. The van der Waals surface area contributed by atoms with E-state index in [4.69, 9.17) is 5.73 Å². The zero-order valence-electron chi connectivity index (χ0n) is 6.04. The van der Waals surface area contributed by atoms with Gasteiger partial charge in [-0.15, -0.1) is 0 Å². The van der Waals surface area contributed by atoms with Gasteiger partial charge in [-0.2, -0.15) is 0 Å². The second kappa shape index (κ2) is 3.27. The molecule has 1 aromatic heterocycles. The van der Waals surface area contributed by atoms with Gasteiger partial charge >= 0.3 is 0 Å². The van der Waals surface area contributed by atoms with Gasteiger partial charge < -0.3 is 5.73 Å². The van der Waals surface area contributed by atoms with Crippen LogP contribution in [-0.4, -0.2) is 9.97 Å². The Morgan fingerprint density at radius 2 is 2.00 bits per heavy atom. The van der Waals surface area contributed by atoms with Crippen LogP contribution in [0.2, 0.25) is 0 Å². The van der Waals surface area contributed by atoms with Crippen molar-refractivity contribution in [1.82, 2.24) is 9.97 Å². The molecule has 0 bridgehead atoms. The average Bonchev–Trinajstić information content (AvgIpc) is 2.05. The molecule has 0 radical (unpaired) electrons. The molecule has 10 heavy (non-hydrogen) atoms. The summed E-state index contributed by atoms with van der Waals surface area (Å²) < 4.78 is 0. The van der Waals surface area contributed by atoms with E-state index in [0.29, 0.717) is 12.4 Å². The van der Waals surface area contributed by atoms with Crippen LogP contribution in [0.25, 0.3) is 0 Å². The SMILES string of the molecule is CCc1cnc(CN)nc1. The molecule has 0 aliphatic heterocycles. The van der Waals surface area contributed by atoms with Crippen molar-refractivity contribution in [3.63, 3.8) is 0 Å². The first-order valence-electron chi connectivity index (χ1n) is 3.36. The lowest BCUT2D eigenvalue weighted by molar-refractivity contribution is 0.889. The molecule has 54 valence electrons. The van der Waals surface area contributed by atoms with Crippen molar-refractivity contribution < 1.29 is 0 Å². The molecule has 0 fully saturated rings. The predicted octanol–water partition coefficient (Wildman–Crippen LogP) is 0.498. The average molecular weight is 137 g/mol. The van der Waals surface area contributed by atoms with E-state index in [1.54, 1.807) is 0 Å². The van der Waals surface area contributed by atoms with Gasteiger partial charge in [-0.25, -0.2) is 9.97 Å². The highest BCUT2D eigenvalue weighted by molar-refractivity contribution is 5.04. The van der Waals surface area contributed by atoms with Crippen molar-refractivity contribution in [2.75, 3.05) is 0 Å². The maximum Gasteiger partial charge on any atom is 0.141 e. The Kier molecular flexibility index (Phi) is 2.34. The fraction of sp³-hybridized carbons (Fsp3) is 0.429. The van der Waals surface area contributed by atoms with Crippen molar-refractivity contribution in [2.45, 2.75) is 19.9 Å². The highest BCUT2D eigenvalue weighted by atomic mass is 14.9. The quantitative estimate of drug-likeness (QED) is 0.645. The molecule has 0 saturated heterocycles. The molecule has 0 atom stereocenters. The summed E-state index contributed by atoms with van der Waals surface area (Å²) in [5.74, 6) is 0.706. The molecule has 0 amide bonds. The van der Waals surface area contributed by atoms with E-state index in [2.05, 4.69) is 16.9 Å². The summed E-state index contributed by atoms with van der Waals surface area (Å²) in [6, 6.07) is 0. The van der Waals surface area contributed by atoms with Crippen LogP contribution in [-0.2, 0) is 13.0 Å². The van der Waals surface area contributed by atoms with Gasteiger partial charge in [-0.3, -0.25) is 0 Å². The van der Waals surface area contributed by atoms with E-state index in [0.717, 1.165) is 12.0 Å². The normalized spacial score (nSPS) is 9.80. The Labute approximate surface area is 60.3 Å². The number of hydrogen-bond acceptors (Lipinski definition) is 3. The number of aromatic nitrogens is 2. The first-order chi connectivity index (χ1) is 4.86. The van der Waals surface area contributed by atoms with E-state index in [1.807, 2.05) is 12.4 Å². The lowest BCUT2D eigenvalue weighted by Gasteiger charge is -1.95. The van der Waals surface area contributed by atoms with E-state index < -0.39 is 0 Å². The summed E-state index contributed by atoms with van der Waals surface area (Å²) in [6.45, 7) is 2.49. The molecule has 1 heterocycles. The zero-order valence-corrected chi connectivity index (χ0v) is 6.04. The lowest BCUT2D eigenvalue weighted by atomic mass is 10.3. The largest absolute Gasteiger partial charge is 0.324 e. The maximum absolute atomic E-state index is 5.32. The van der Waals surface area contributed by atoms with Crippen LogP contribution >= 0.6 is 0 Å². The van der Waals surface area contributed by atoms with Crippen LogP contribution in [0.4, 0.5) is 0 Å². The smallest absolute Gasteiger partial charge is 0.141 e. The third-order valence-corrected chi connectivity index (χ3v) is 1.35. The molecule has 0 aliphatic carbocycles. The van der Waals surface area contributed by atoms with Crippen molar-refractivity contribution in [2.24, 2.45) is 5.73 Å². The topological polar surface area (TPSA) is 51.8 Å². The minimum atomic E-state index is 0.421. The summed E-state index contributed by atoms with van der Waals surface area (Å²) in [6.07, 6.45) is 4.61. The Morgan fingerprint density at radius 1 is 1.40 bits per heavy atom. The van der Waals surface area contributed by atoms with Gasteiger partial charge in [0.05, 0.1) is 6.54 Å². The van der Waals surface area contributed by atoms with Gasteiger partial charge in [0.2, 0.25) is 0 Å². The van der Waals surface area contributed by atoms with Crippen LogP contribution < -0.4 is 5.73 Å². The van der Waals surface area contributed by atoms with E-state index >= 15 is 0 Å². The molecule has 3 heteroatoms. The molecule has 0 aromatic carbocycles. The van der Waals surface area contributed by atoms with Crippen LogP contribution in [0.15, 0.2) is 12.4 Å². The van der Waals surface area contributed by atoms with E-state index in [-0.39, 0.29) is 0 Å². The Bertz CT molecular complexity index is 170. The number of nitrogens with two attached hydrogens (primary N) is 1. The first kappa shape index (κ1) is 7.15. The van der Waals surface area contributed by atoms with Gasteiger partial charge in [-0.05, 0) is 12.0 Å². The number of nitrogens with zero attached hydrogens (tertiary/aromatic N) is 2. The zero-order chi connectivity index (χ0) is 7.40. The molecular formula is C7H11N3. The van der Waals surface area contributed by atoms with Gasteiger partial charge in [0.25, 0.3) is 0 Å². The fourth-order valence-electron chi connectivity index (χ4n) is 0.669. The Balaban J connectivity index is 2.80. The molecule has 1 aromatic rings. The minimum absolute atomic E-state index is 0.421. The van der Waals surface area contributed by atoms with Crippen molar-refractivity contribution in [3.05, 3.63) is 23.8 Å². The first-order valence-corrected chi connectivity index (χ1v) is 3.36. The Morgan fingerprint density at radius 3 is 2.40 bits per heavy atom.